The van der Waals surface area contributed by atoms with Gasteiger partial charge in [-0.15, -0.1) is 11.3 Å². The molecular weight excluding hydrogens is 536 g/mol. The lowest BCUT2D eigenvalue weighted by Crippen LogP contribution is -2.49. The molecule has 35 heavy (non-hydrogen) atoms. The number of carbonyl (C=O) groups is 1. The molecular formula is C20H23ClF4N4O4S2. The summed E-state index contributed by atoms with van der Waals surface area (Å²) in [5, 5.41) is 4.09. The van der Waals surface area contributed by atoms with Gasteiger partial charge in [-0.05, 0) is 52.4 Å². The summed E-state index contributed by atoms with van der Waals surface area (Å²) in [7, 11) is -1.45. The summed E-state index contributed by atoms with van der Waals surface area (Å²) in [6, 6.07) is 0.685. The molecule has 1 aromatic carbocycles. The van der Waals surface area contributed by atoms with Gasteiger partial charge < -0.3 is 15.1 Å². The summed E-state index contributed by atoms with van der Waals surface area (Å²) in [4.78, 5) is 20.2. The number of carbonyl (C=O) groups excluding carboxylic acids is 1. The molecule has 0 spiro atoms. The van der Waals surface area contributed by atoms with Crippen molar-refractivity contribution in [2.75, 3.05) is 23.9 Å². The number of rotatable bonds is 8. The minimum atomic E-state index is -4.75. The van der Waals surface area contributed by atoms with Crippen LogP contribution in [-0.4, -0.2) is 57.1 Å². The van der Waals surface area contributed by atoms with E-state index in [1.165, 1.54) is 5.38 Å². The van der Waals surface area contributed by atoms with Crippen molar-refractivity contribution >= 4 is 50.3 Å². The van der Waals surface area contributed by atoms with E-state index in [9.17, 15) is 26.4 Å². The number of sulfonamides is 1. The van der Waals surface area contributed by atoms with Gasteiger partial charge in [-0.25, -0.2) is 9.37 Å². The molecule has 1 aliphatic rings. The molecule has 2 aromatic rings. The van der Waals surface area contributed by atoms with Crippen molar-refractivity contribution in [2.24, 2.45) is 5.92 Å². The third-order valence-corrected chi connectivity index (χ3v) is 8.62. The SMILES string of the molecule is Cc1csc(N(OC=O)S(=O)(=O)c2cc(Cl)c(N[C@H]3CC[C@H](C(F)(F)F)C[C@@H]3N(C)C)cc2F)n1. The molecule has 0 radical (unpaired) electrons. The van der Waals surface area contributed by atoms with E-state index in [1.807, 2.05) is 0 Å². The van der Waals surface area contributed by atoms with Crippen LogP contribution in [0.3, 0.4) is 0 Å². The summed E-state index contributed by atoms with van der Waals surface area (Å²) in [6.07, 6.45) is -4.42. The number of halogens is 5. The molecule has 0 aliphatic heterocycles. The Bertz CT molecular complexity index is 1180. The van der Waals surface area contributed by atoms with Crippen molar-refractivity contribution in [1.82, 2.24) is 9.88 Å². The van der Waals surface area contributed by atoms with Gasteiger partial charge in [0.1, 0.15) is 10.7 Å². The number of hydrogen-bond acceptors (Lipinski definition) is 8. The van der Waals surface area contributed by atoms with Gasteiger partial charge >= 0.3 is 22.7 Å². The Morgan fingerprint density at radius 2 is 1.97 bits per heavy atom. The largest absolute Gasteiger partial charge is 0.391 e. The minimum Gasteiger partial charge on any atom is -0.379 e. The zero-order valence-electron chi connectivity index (χ0n) is 18.8. The number of likely N-dealkylation sites (N-methyl/N-ethyl adjacent to an activating group) is 1. The lowest BCUT2D eigenvalue weighted by molar-refractivity contribution is -0.186. The fourth-order valence-corrected chi connectivity index (χ4v) is 6.48. The van der Waals surface area contributed by atoms with Gasteiger partial charge in [0, 0.05) is 17.5 Å². The fourth-order valence-electron chi connectivity index (χ4n) is 3.98. The Kier molecular flexibility index (Phi) is 8.19. The highest BCUT2D eigenvalue weighted by molar-refractivity contribution is 7.92. The molecule has 0 unspecified atom stereocenters. The second-order valence-corrected chi connectivity index (χ2v) is 11.3. The zero-order chi connectivity index (χ0) is 26.1. The Labute approximate surface area is 208 Å². The van der Waals surface area contributed by atoms with Crippen LogP contribution in [0.4, 0.5) is 28.4 Å². The van der Waals surface area contributed by atoms with Crippen LogP contribution in [0, 0.1) is 18.7 Å². The number of thiazole rings is 1. The van der Waals surface area contributed by atoms with Crippen molar-refractivity contribution in [3.05, 3.63) is 34.0 Å². The smallest absolute Gasteiger partial charge is 0.379 e. The van der Waals surface area contributed by atoms with Crippen LogP contribution in [0.5, 0.6) is 0 Å². The number of hydrogen-bond donors (Lipinski definition) is 1. The van der Waals surface area contributed by atoms with Crippen LogP contribution in [0.15, 0.2) is 22.4 Å². The van der Waals surface area contributed by atoms with Crippen LogP contribution in [-0.2, 0) is 19.7 Å². The van der Waals surface area contributed by atoms with Crippen molar-refractivity contribution in [3.8, 4) is 0 Å². The van der Waals surface area contributed by atoms with Gasteiger partial charge in [0.05, 0.1) is 22.3 Å². The fraction of sp³-hybridized carbons (Fsp3) is 0.500. The molecule has 3 atom stereocenters. The van der Waals surface area contributed by atoms with E-state index in [2.05, 4.69) is 15.1 Å². The van der Waals surface area contributed by atoms with E-state index >= 15 is 4.39 Å². The Balaban J connectivity index is 1.90. The van der Waals surface area contributed by atoms with Gasteiger partial charge in [-0.1, -0.05) is 16.1 Å². The van der Waals surface area contributed by atoms with E-state index in [0.717, 1.165) is 23.5 Å². The second kappa shape index (κ2) is 10.4. The number of anilines is 2. The van der Waals surface area contributed by atoms with E-state index < -0.39 is 44.9 Å². The molecule has 0 bridgehead atoms. The number of alkyl halides is 3. The molecule has 1 saturated carbocycles. The monoisotopic (exact) mass is 558 g/mol. The molecule has 1 aliphatic carbocycles. The molecule has 194 valence electrons. The van der Waals surface area contributed by atoms with E-state index in [0.29, 0.717) is 5.69 Å². The van der Waals surface area contributed by atoms with Crippen LogP contribution in [0.25, 0.3) is 0 Å². The van der Waals surface area contributed by atoms with Crippen LogP contribution in [0.2, 0.25) is 5.02 Å². The maximum atomic E-state index is 15.1. The maximum absolute atomic E-state index is 15.1. The summed E-state index contributed by atoms with van der Waals surface area (Å²) < 4.78 is 81.1. The van der Waals surface area contributed by atoms with Crippen molar-refractivity contribution < 1.29 is 35.6 Å². The highest BCUT2D eigenvalue weighted by Crippen LogP contribution is 2.40. The van der Waals surface area contributed by atoms with Crippen LogP contribution in [0.1, 0.15) is 25.0 Å². The molecule has 15 heteroatoms. The first kappa shape index (κ1) is 27.4. The molecule has 0 saturated heterocycles. The Hall–Kier alpha value is -2.16. The predicted molar refractivity (Wildman–Crippen MR) is 123 cm³/mol. The normalized spacial score (nSPS) is 21.1. The quantitative estimate of drug-likeness (QED) is 0.288. The summed E-state index contributed by atoms with van der Waals surface area (Å²) in [5.74, 6) is -2.65. The molecule has 0 amide bonds. The molecule has 3 rings (SSSR count). The lowest BCUT2D eigenvalue weighted by atomic mass is 9.81. The van der Waals surface area contributed by atoms with E-state index in [4.69, 9.17) is 11.6 Å². The average Bonchev–Trinajstić information content (AvgIpc) is 3.19. The van der Waals surface area contributed by atoms with Crippen LogP contribution < -0.4 is 9.79 Å². The maximum Gasteiger partial charge on any atom is 0.391 e. The third-order valence-electron chi connectivity index (χ3n) is 5.70. The number of nitrogens with zero attached hydrogens (tertiary/aromatic N) is 3. The number of benzene rings is 1. The van der Waals surface area contributed by atoms with Crippen molar-refractivity contribution in [2.45, 2.75) is 49.3 Å². The first-order valence-electron chi connectivity index (χ1n) is 10.3. The van der Waals surface area contributed by atoms with Gasteiger partial charge in [0.2, 0.25) is 5.13 Å². The molecule has 8 nitrogen and oxygen atoms in total. The lowest BCUT2D eigenvalue weighted by Gasteiger charge is -2.41. The zero-order valence-corrected chi connectivity index (χ0v) is 21.2. The topological polar surface area (TPSA) is 91.8 Å². The molecule has 1 aromatic heterocycles. The number of nitrogens with one attached hydrogen (secondary N) is 1. The first-order valence-corrected chi connectivity index (χ1v) is 13.0. The van der Waals surface area contributed by atoms with Crippen molar-refractivity contribution in [3.63, 3.8) is 0 Å². The molecule has 1 heterocycles. The first-order chi connectivity index (χ1) is 16.3. The second-order valence-electron chi connectivity index (χ2n) is 8.30. The van der Waals surface area contributed by atoms with E-state index in [1.54, 1.807) is 25.9 Å². The Morgan fingerprint density at radius 1 is 1.29 bits per heavy atom. The van der Waals surface area contributed by atoms with Gasteiger partial charge in [0.25, 0.3) is 0 Å². The Morgan fingerprint density at radius 3 is 2.51 bits per heavy atom. The minimum absolute atomic E-state index is 0.0263. The molecule has 1 fully saturated rings. The van der Waals surface area contributed by atoms with Gasteiger partial charge in [0.15, 0.2) is 0 Å². The standard InChI is InChI=1S/C20H23ClF4N4O4S2/c1-11-9-34-19(26-11)29(33-10-30)35(31,32)18-7-13(21)16(8-14(18)22)27-15-5-4-12(20(23,24)25)6-17(15)28(2)3/h7-10,12,15,17,27H,4-6H2,1-3H3/t12-,15-,17-/m0/s1. The third kappa shape index (κ3) is 5.98. The highest BCUT2D eigenvalue weighted by atomic mass is 35.5. The van der Waals surface area contributed by atoms with Crippen LogP contribution >= 0.6 is 22.9 Å². The van der Waals surface area contributed by atoms with Gasteiger partial charge in [-0.2, -0.15) is 21.6 Å². The van der Waals surface area contributed by atoms with Crippen molar-refractivity contribution in [1.29, 1.82) is 0 Å². The summed E-state index contributed by atoms with van der Waals surface area (Å²) >= 11 is 7.12. The van der Waals surface area contributed by atoms with E-state index in [-0.39, 0.29) is 46.0 Å². The summed E-state index contributed by atoms with van der Waals surface area (Å²) in [6.45, 7) is 1.45. The highest BCUT2D eigenvalue weighted by Gasteiger charge is 2.45. The average molecular weight is 559 g/mol. The number of aryl methyl sites for hydroxylation is 1. The molecule has 1 N–H and O–H groups in total. The predicted octanol–water partition coefficient (Wildman–Crippen LogP) is 4.60. The summed E-state index contributed by atoms with van der Waals surface area (Å²) in [5.41, 5.74) is 0.479. The number of aromatic nitrogens is 1. The van der Waals surface area contributed by atoms with Gasteiger partial charge in [-0.3, -0.25) is 4.79 Å².